The summed E-state index contributed by atoms with van der Waals surface area (Å²) in [5, 5.41) is 2.93. The molecule has 0 radical (unpaired) electrons. The fraction of sp³-hybridized carbons (Fsp3) is 0.440. The van der Waals surface area contributed by atoms with Crippen molar-refractivity contribution in [2.24, 2.45) is 0 Å². The standard InChI is InChI=1S/C25H34N2O3/c1-6-7-13-26-25(29)21(5)27(16-22-10-8-9-18(2)14-22)24(28)17-30-23-12-11-19(3)20(4)15-23/h8-12,14-15,21H,6-7,13,16-17H2,1-5H3,(H,26,29)/t21-/m0/s1. The van der Waals surface area contributed by atoms with Crippen LogP contribution >= 0.6 is 0 Å². The van der Waals surface area contributed by atoms with Crippen LogP contribution in [0.2, 0.25) is 0 Å². The van der Waals surface area contributed by atoms with Gasteiger partial charge in [0.25, 0.3) is 5.91 Å². The number of nitrogens with one attached hydrogen (secondary N) is 1. The number of rotatable bonds is 10. The lowest BCUT2D eigenvalue weighted by Gasteiger charge is -2.29. The Kier molecular flexibility index (Phi) is 8.90. The van der Waals surface area contributed by atoms with E-state index in [0.717, 1.165) is 29.5 Å². The van der Waals surface area contributed by atoms with E-state index in [2.05, 4.69) is 12.2 Å². The Labute approximate surface area is 180 Å². The second-order valence-electron chi connectivity index (χ2n) is 7.87. The quantitative estimate of drug-likeness (QED) is 0.593. The summed E-state index contributed by atoms with van der Waals surface area (Å²) < 4.78 is 5.75. The van der Waals surface area contributed by atoms with Crippen LogP contribution in [0.3, 0.4) is 0 Å². The van der Waals surface area contributed by atoms with E-state index in [-0.39, 0.29) is 18.4 Å². The summed E-state index contributed by atoms with van der Waals surface area (Å²) in [5.74, 6) is 0.297. The molecule has 0 bridgehead atoms. The molecule has 0 fully saturated rings. The normalized spacial score (nSPS) is 11.6. The number of ether oxygens (including phenoxy) is 1. The molecule has 1 atom stereocenters. The third-order valence-electron chi connectivity index (χ3n) is 5.27. The van der Waals surface area contributed by atoms with E-state index in [1.54, 1.807) is 11.8 Å². The predicted molar refractivity (Wildman–Crippen MR) is 121 cm³/mol. The van der Waals surface area contributed by atoms with Crippen molar-refractivity contribution in [1.82, 2.24) is 10.2 Å². The third kappa shape index (κ3) is 6.90. The SMILES string of the molecule is CCCCNC(=O)[C@H](C)N(Cc1cccc(C)c1)C(=O)COc1ccc(C)c(C)c1. The van der Waals surface area contributed by atoms with Gasteiger partial charge in [-0.25, -0.2) is 0 Å². The Morgan fingerprint density at radius 1 is 1.07 bits per heavy atom. The van der Waals surface area contributed by atoms with E-state index in [9.17, 15) is 9.59 Å². The van der Waals surface area contributed by atoms with Crippen molar-refractivity contribution in [3.05, 3.63) is 64.7 Å². The van der Waals surface area contributed by atoms with E-state index in [4.69, 9.17) is 4.74 Å². The van der Waals surface area contributed by atoms with Crippen LogP contribution in [0.15, 0.2) is 42.5 Å². The first-order chi connectivity index (χ1) is 14.3. The molecule has 2 rings (SSSR count). The molecule has 30 heavy (non-hydrogen) atoms. The Hall–Kier alpha value is -2.82. The summed E-state index contributed by atoms with van der Waals surface area (Å²) in [6, 6.07) is 13.2. The monoisotopic (exact) mass is 410 g/mol. The van der Waals surface area contributed by atoms with Crippen LogP contribution in [0.5, 0.6) is 5.75 Å². The molecule has 0 unspecified atom stereocenters. The van der Waals surface area contributed by atoms with Gasteiger partial charge in [-0.3, -0.25) is 9.59 Å². The van der Waals surface area contributed by atoms with Crippen LogP contribution in [-0.2, 0) is 16.1 Å². The average molecular weight is 411 g/mol. The molecule has 0 saturated heterocycles. The molecular weight excluding hydrogens is 376 g/mol. The van der Waals surface area contributed by atoms with Gasteiger partial charge < -0.3 is 15.0 Å². The maximum absolute atomic E-state index is 13.1. The summed E-state index contributed by atoms with van der Waals surface area (Å²) >= 11 is 0. The number of carbonyl (C=O) groups excluding carboxylic acids is 2. The average Bonchev–Trinajstić information content (AvgIpc) is 2.72. The molecule has 0 aromatic heterocycles. The number of amides is 2. The lowest BCUT2D eigenvalue weighted by Crippen LogP contribution is -2.49. The molecule has 0 aliphatic carbocycles. The number of nitrogens with zero attached hydrogens (tertiary/aromatic N) is 1. The Bertz CT molecular complexity index is 863. The van der Waals surface area contributed by atoms with Crippen molar-refractivity contribution in [2.75, 3.05) is 13.2 Å². The molecule has 0 aliphatic rings. The van der Waals surface area contributed by atoms with E-state index in [1.807, 2.05) is 63.2 Å². The Morgan fingerprint density at radius 3 is 2.50 bits per heavy atom. The van der Waals surface area contributed by atoms with Crippen molar-refractivity contribution in [1.29, 1.82) is 0 Å². The van der Waals surface area contributed by atoms with Crippen LogP contribution in [0, 0.1) is 20.8 Å². The van der Waals surface area contributed by atoms with Crippen molar-refractivity contribution in [3.8, 4) is 5.75 Å². The van der Waals surface area contributed by atoms with E-state index < -0.39 is 6.04 Å². The highest BCUT2D eigenvalue weighted by Crippen LogP contribution is 2.17. The largest absolute Gasteiger partial charge is 0.484 e. The van der Waals surface area contributed by atoms with E-state index in [1.165, 1.54) is 5.56 Å². The van der Waals surface area contributed by atoms with Gasteiger partial charge in [-0.1, -0.05) is 49.2 Å². The molecule has 5 heteroatoms. The smallest absolute Gasteiger partial charge is 0.261 e. The first kappa shape index (κ1) is 23.5. The third-order valence-corrected chi connectivity index (χ3v) is 5.27. The first-order valence-electron chi connectivity index (χ1n) is 10.6. The molecule has 2 aromatic carbocycles. The van der Waals surface area contributed by atoms with Crippen LogP contribution < -0.4 is 10.1 Å². The molecule has 2 amide bonds. The summed E-state index contributed by atoms with van der Waals surface area (Å²) in [6.07, 6.45) is 1.92. The molecule has 2 aromatic rings. The Balaban J connectivity index is 2.12. The van der Waals surface area contributed by atoms with Gasteiger partial charge in [0.2, 0.25) is 5.91 Å². The lowest BCUT2D eigenvalue weighted by atomic mass is 10.1. The van der Waals surface area contributed by atoms with Crippen molar-refractivity contribution in [2.45, 2.75) is 60.0 Å². The van der Waals surface area contributed by atoms with Crippen molar-refractivity contribution in [3.63, 3.8) is 0 Å². The predicted octanol–water partition coefficient (Wildman–Crippen LogP) is 4.32. The van der Waals surface area contributed by atoms with Gasteiger partial charge in [-0.15, -0.1) is 0 Å². The topological polar surface area (TPSA) is 58.6 Å². The van der Waals surface area contributed by atoms with Crippen molar-refractivity contribution >= 4 is 11.8 Å². The van der Waals surface area contributed by atoms with Gasteiger partial charge in [0, 0.05) is 13.1 Å². The summed E-state index contributed by atoms with van der Waals surface area (Å²) in [5.41, 5.74) is 4.39. The summed E-state index contributed by atoms with van der Waals surface area (Å²) in [6.45, 7) is 10.8. The van der Waals surface area contributed by atoms with Gasteiger partial charge in [0.05, 0.1) is 0 Å². The van der Waals surface area contributed by atoms with Gasteiger partial charge in [0.1, 0.15) is 11.8 Å². The maximum Gasteiger partial charge on any atom is 0.261 e. The zero-order valence-corrected chi connectivity index (χ0v) is 18.8. The first-order valence-corrected chi connectivity index (χ1v) is 10.6. The molecular formula is C25H34N2O3. The van der Waals surface area contributed by atoms with E-state index >= 15 is 0 Å². The molecule has 0 saturated carbocycles. The molecule has 0 heterocycles. The summed E-state index contributed by atoms with van der Waals surface area (Å²) in [4.78, 5) is 27.3. The number of unbranched alkanes of at least 4 members (excludes halogenated alkanes) is 1. The van der Waals surface area contributed by atoms with Gasteiger partial charge in [-0.05, 0) is 62.9 Å². The minimum absolute atomic E-state index is 0.110. The minimum Gasteiger partial charge on any atom is -0.484 e. The lowest BCUT2D eigenvalue weighted by molar-refractivity contribution is -0.142. The van der Waals surface area contributed by atoms with Gasteiger partial charge >= 0.3 is 0 Å². The van der Waals surface area contributed by atoms with E-state index in [0.29, 0.717) is 18.8 Å². The van der Waals surface area contributed by atoms with Crippen LogP contribution in [-0.4, -0.2) is 35.9 Å². The van der Waals surface area contributed by atoms with Crippen LogP contribution in [0.25, 0.3) is 0 Å². The molecule has 1 N–H and O–H groups in total. The minimum atomic E-state index is -0.585. The highest BCUT2D eigenvalue weighted by Gasteiger charge is 2.26. The van der Waals surface area contributed by atoms with Gasteiger partial charge in [0.15, 0.2) is 6.61 Å². The number of benzene rings is 2. The van der Waals surface area contributed by atoms with Crippen molar-refractivity contribution < 1.29 is 14.3 Å². The highest BCUT2D eigenvalue weighted by atomic mass is 16.5. The van der Waals surface area contributed by atoms with Crippen LogP contribution in [0.1, 0.15) is 48.9 Å². The number of carbonyl (C=O) groups is 2. The molecule has 162 valence electrons. The maximum atomic E-state index is 13.1. The fourth-order valence-corrected chi connectivity index (χ4v) is 3.16. The van der Waals surface area contributed by atoms with Crippen LogP contribution in [0.4, 0.5) is 0 Å². The highest BCUT2D eigenvalue weighted by molar-refractivity contribution is 5.87. The van der Waals surface area contributed by atoms with Gasteiger partial charge in [-0.2, -0.15) is 0 Å². The zero-order valence-electron chi connectivity index (χ0n) is 18.8. The Morgan fingerprint density at radius 2 is 1.83 bits per heavy atom. The number of aryl methyl sites for hydroxylation is 3. The zero-order chi connectivity index (χ0) is 22.1. The second-order valence-corrected chi connectivity index (χ2v) is 7.87. The number of hydrogen-bond donors (Lipinski definition) is 1. The summed E-state index contributed by atoms with van der Waals surface area (Å²) in [7, 11) is 0. The molecule has 0 aliphatic heterocycles. The molecule has 5 nitrogen and oxygen atoms in total. The fourth-order valence-electron chi connectivity index (χ4n) is 3.16. The second kappa shape index (κ2) is 11.4. The molecule has 0 spiro atoms. The number of hydrogen-bond acceptors (Lipinski definition) is 3.